The van der Waals surface area contributed by atoms with Gasteiger partial charge in [0, 0.05) is 19.6 Å². The van der Waals surface area contributed by atoms with Crippen LogP contribution in [0.25, 0.3) is 0 Å². The topological polar surface area (TPSA) is 40.6 Å². The second kappa shape index (κ2) is 4.78. The number of nitrogens with zero attached hydrogens (tertiary/aromatic N) is 2. The average molecular weight is 258 g/mol. The van der Waals surface area contributed by atoms with Crippen molar-refractivity contribution in [1.29, 1.82) is 0 Å². The molecule has 0 saturated carbocycles. The number of imide groups is 1. The number of hydrogen-bond acceptors (Lipinski definition) is 3. The fourth-order valence-electron chi connectivity index (χ4n) is 3.12. The highest BCUT2D eigenvalue weighted by atomic mass is 16.2. The normalized spacial score (nSPS) is 27.1. The Morgan fingerprint density at radius 3 is 2.21 bits per heavy atom. The lowest BCUT2D eigenvalue weighted by Gasteiger charge is -2.17. The lowest BCUT2D eigenvalue weighted by molar-refractivity contribution is -0.140. The zero-order valence-electron chi connectivity index (χ0n) is 11.1. The fraction of sp³-hybridized carbons (Fsp3) is 0.467. The number of fused-ring (bicyclic) bond motifs is 1. The van der Waals surface area contributed by atoms with Crippen molar-refractivity contribution >= 4 is 11.8 Å². The van der Waals surface area contributed by atoms with E-state index in [-0.39, 0.29) is 23.7 Å². The van der Waals surface area contributed by atoms with Gasteiger partial charge in [-0.1, -0.05) is 30.3 Å². The Kier molecular flexibility index (Phi) is 3.11. The van der Waals surface area contributed by atoms with Gasteiger partial charge in [-0.25, -0.2) is 0 Å². The maximum atomic E-state index is 12.2. The van der Waals surface area contributed by atoms with Gasteiger partial charge in [-0.05, 0) is 19.0 Å². The Morgan fingerprint density at radius 2 is 1.63 bits per heavy atom. The molecule has 19 heavy (non-hydrogen) atoms. The van der Waals surface area contributed by atoms with Gasteiger partial charge in [0.05, 0.1) is 11.8 Å². The number of likely N-dealkylation sites (tertiary alicyclic amines) is 2. The molecule has 100 valence electrons. The first-order chi connectivity index (χ1) is 9.16. The molecule has 3 rings (SSSR count). The number of benzene rings is 1. The molecule has 0 radical (unpaired) electrons. The minimum atomic E-state index is -0.103. The van der Waals surface area contributed by atoms with Crippen molar-refractivity contribution in [3.05, 3.63) is 35.9 Å². The molecule has 2 aliphatic heterocycles. The second-order valence-corrected chi connectivity index (χ2v) is 5.50. The number of amides is 2. The molecule has 2 saturated heterocycles. The van der Waals surface area contributed by atoms with Gasteiger partial charge < -0.3 is 4.90 Å². The van der Waals surface area contributed by atoms with E-state index in [1.807, 2.05) is 37.4 Å². The van der Waals surface area contributed by atoms with Crippen molar-refractivity contribution in [2.24, 2.45) is 11.8 Å². The number of hydrogen-bond donors (Lipinski definition) is 0. The molecular formula is C15H18N2O2. The largest absolute Gasteiger partial charge is 0.305 e. The molecule has 2 aliphatic rings. The van der Waals surface area contributed by atoms with Gasteiger partial charge in [-0.3, -0.25) is 14.5 Å². The average Bonchev–Trinajstić information content (AvgIpc) is 2.89. The van der Waals surface area contributed by atoms with Crippen LogP contribution in [0.15, 0.2) is 30.3 Å². The molecule has 0 N–H and O–H groups in total. The lowest BCUT2D eigenvalue weighted by atomic mass is 10.00. The molecule has 2 atom stereocenters. The maximum Gasteiger partial charge on any atom is 0.234 e. The fourth-order valence-corrected chi connectivity index (χ4v) is 3.12. The van der Waals surface area contributed by atoms with Gasteiger partial charge in [0.15, 0.2) is 0 Å². The van der Waals surface area contributed by atoms with E-state index >= 15 is 0 Å². The van der Waals surface area contributed by atoms with Crippen LogP contribution in [0.5, 0.6) is 0 Å². The van der Waals surface area contributed by atoms with Gasteiger partial charge in [-0.15, -0.1) is 0 Å². The van der Waals surface area contributed by atoms with Crippen molar-refractivity contribution in [2.75, 3.05) is 26.7 Å². The van der Waals surface area contributed by atoms with Crippen molar-refractivity contribution in [1.82, 2.24) is 9.80 Å². The minimum absolute atomic E-state index is 0.0234. The summed E-state index contributed by atoms with van der Waals surface area (Å²) in [6.45, 7) is 1.95. The van der Waals surface area contributed by atoms with Crippen LogP contribution in [0.2, 0.25) is 0 Å². The number of rotatable bonds is 3. The van der Waals surface area contributed by atoms with Crippen LogP contribution in [0.1, 0.15) is 5.56 Å². The zero-order valence-corrected chi connectivity index (χ0v) is 11.1. The van der Waals surface area contributed by atoms with Gasteiger partial charge in [-0.2, -0.15) is 0 Å². The van der Waals surface area contributed by atoms with Crippen LogP contribution < -0.4 is 0 Å². The van der Waals surface area contributed by atoms with Crippen LogP contribution in [-0.4, -0.2) is 48.3 Å². The van der Waals surface area contributed by atoms with E-state index in [2.05, 4.69) is 4.90 Å². The van der Waals surface area contributed by atoms with Gasteiger partial charge in [0.1, 0.15) is 0 Å². The summed E-state index contributed by atoms with van der Waals surface area (Å²) in [5.74, 6) is -0.160. The summed E-state index contributed by atoms with van der Waals surface area (Å²) < 4.78 is 0. The summed E-state index contributed by atoms with van der Waals surface area (Å²) in [6, 6.07) is 9.98. The monoisotopic (exact) mass is 258 g/mol. The third kappa shape index (κ3) is 2.16. The Bertz CT molecular complexity index is 476. The van der Waals surface area contributed by atoms with E-state index in [4.69, 9.17) is 0 Å². The zero-order chi connectivity index (χ0) is 13.4. The Hall–Kier alpha value is -1.68. The highest BCUT2D eigenvalue weighted by Crippen LogP contribution is 2.32. The van der Waals surface area contributed by atoms with Crippen LogP contribution in [-0.2, 0) is 16.0 Å². The summed E-state index contributed by atoms with van der Waals surface area (Å²) in [4.78, 5) is 28.0. The molecule has 4 heteroatoms. The molecular weight excluding hydrogens is 240 g/mol. The third-order valence-corrected chi connectivity index (χ3v) is 4.14. The molecule has 2 amide bonds. The number of carbonyl (C=O) groups excluding carboxylic acids is 2. The summed E-state index contributed by atoms with van der Waals surface area (Å²) in [6.07, 6.45) is 0.744. The minimum Gasteiger partial charge on any atom is -0.305 e. The molecule has 0 unspecified atom stereocenters. The van der Waals surface area contributed by atoms with E-state index in [0.717, 1.165) is 25.1 Å². The van der Waals surface area contributed by atoms with Gasteiger partial charge in [0.2, 0.25) is 11.8 Å². The smallest absolute Gasteiger partial charge is 0.234 e. The molecule has 0 bridgehead atoms. The van der Waals surface area contributed by atoms with Crippen LogP contribution in [0, 0.1) is 11.8 Å². The molecule has 1 aromatic rings. The molecule has 4 nitrogen and oxygen atoms in total. The Morgan fingerprint density at radius 1 is 1.05 bits per heavy atom. The first kappa shape index (κ1) is 12.4. The van der Waals surface area contributed by atoms with Crippen LogP contribution in [0.3, 0.4) is 0 Å². The van der Waals surface area contributed by atoms with Crippen LogP contribution >= 0.6 is 0 Å². The van der Waals surface area contributed by atoms with Crippen LogP contribution in [0.4, 0.5) is 0 Å². The number of carbonyl (C=O) groups is 2. The molecule has 2 fully saturated rings. The van der Waals surface area contributed by atoms with Crippen molar-refractivity contribution in [2.45, 2.75) is 6.42 Å². The molecule has 0 aliphatic carbocycles. The van der Waals surface area contributed by atoms with E-state index in [0.29, 0.717) is 6.54 Å². The first-order valence-corrected chi connectivity index (χ1v) is 6.74. The summed E-state index contributed by atoms with van der Waals surface area (Å²) in [5.41, 5.74) is 1.16. The highest BCUT2D eigenvalue weighted by molar-refractivity contribution is 6.05. The van der Waals surface area contributed by atoms with Crippen molar-refractivity contribution in [3.8, 4) is 0 Å². The first-order valence-electron chi connectivity index (χ1n) is 6.74. The standard InChI is InChI=1S/C15H18N2O2/c1-16-9-12-13(10-16)15(19)17(14(12)18)8-7-11-5-3-2-4-6-11/h2-6,12-13H,7-10H2,1H3/t12-,13+. The summed E-state index contributed by atoms with van der Waals surface area (Å²) in [5, 5.41) is 0. The highest BCUT2D eigenvalue weighted by Gasteiger charge is 2.51. The predicted molar refractivity (Wildman–Crippen MR) is 71.3 cm³/mol. The summed E-state index contributed by atoms with van der Waals surface area (Å²) >= 11 is 0. The third-order valence-electron chi connectivity index (χ3n) is 4.14. The summed E-state index contributed by atoms with van der Waals surface area (Å²) in [7, 11) is 1.97. The van der Waals surface area contributed by atoms with Gasteiger partial charge >= 0.3 is 0 Å². The Balaban J connectivity index is 1.67. The predicted octanol–water partition coefficient (Wildman–Crippen LogP) is 0.776. The Labute approximate surface area is 113 Å². The van der Waals surface area contributed by atoms with E-state index < -0.39 is 0 Å². The molecule has 0 spiro atoms. The molecule has 1 aromatic carbocycles. The van der Waals surface area contributed by atoms with Crippen molar-refractivity contribution in [3.63, 3.8) is 0 Å². The van der Waals surface area contributed by atoms with Crippen molar-refractivity contribution < 1.29 is 9.59 Å². The molecule has 0 aromatic heterocycles. The maximum absolute atomic E-state index is 12.2. The lowest BCUT2D eigenvalue weighted by Crippen LogP contribution is -2.36. The van der Waals surface area contributed by atoms with E-state index in [1.54, 1.807) is 0 Å². The second-order valence-electron chi connectivity index (χ2n) is 5.50. The van der Waals surface area contributed by atoms with E-state index in [9.17, 15) is 9.59 Å². The van der Waals surface area contributed by atoms with Gasteiger partial charge in [0.25, 0.3) is 0 Å². The SMILES string of the molecule is CN1C[C@@H]2C(=O)N(CCc3ccccc3)C(=O)[C@@H]2C1. The quantitative estimate of drug-likeness (QED) is 0.752. The van der Waals surface area contributed by atoms with E-state index in [1.165, 1.54) is 4.90 Å². The molecule has 2 heterocycles.